The number of fused-ring (bicyclic) bond motifs is 1. The van der Waals surface area contributed by atoms with Gasteiger partial charge in [-0.15, -0.1) is 0 Å². The number of carbonyl (C=O) groups is 2. The molecule has 0 unspecified atom stereocenters. The number of rotatable bonds is 5. The van der Waals surface area contributed by atoms with Crippen LogP contribution in [-0.2, 0) is 6.54 Å². The fraction of sp³-hybridized carbons (Fsp3) is 0.259. The Hall–Kier alpha value is -3.38. The van der Waals surface area contributed by atoms with Gasteiger partial charge in [0.2, 0.25) is 0 Å². The summed E-state index contributed by atoms with van der Waals surface area (Å²) in [6.45, 7) is 3.74. The normalized spacial score (nSPS) is 20.1. The van der Waals surface area contributed by atoms with Crippen LogP contribution in [0.2, 0.25) is 0 Å². The third-order valence-corrected chi connectivity index (χ3v) is 6.67. The zero-order valence-electron chi connectivity index (χ0n) is 18.1. The summed E-state index contributed by atoms with van der Waals surface area (Å²) in [4.78, 5) is 30.4. The Morgan fingerprint density at radius 1 is 0.758 bits per heavy atom. The molecule has 33 heavy (non-hydrogen) atoms. The van der Waals surface area contributed by atoms with Crippen molar-refractivity contribution in [2.75, 3.05) is 26.2 Å². The minimum Gasteiger partial charge on any atom is -0.338 e. The highest BCUT2D eigenvalue weighted by Crippen LogP contribution is 2.33. The van der Waals surface area contributed by atoms with Gasteiger partial charge in [0.15, 0.2) is 17.4 Å². The van der Waals surface area contributed by atoms with Crippen molar-refractivity contribution in [2.24, 2.45) is 11.8 Å². The number of halogens is 2. The van der Waals surface area contributed by atoms with E-state index in [0.717, 1.165) is 31.8 Å². The van der Waals surface area contributed by atoms with Gasteiger partial charge >= 0.3 is 0 Å². The first-order valence-electron chi connectivity index (χ1n) is 11.1. The molecule has 0 bridgehead atoms. The molecule has 4 nitrogen and oxygen atoms in total. The minimum atomic E-state index is -1.14. The average molecular weight is 446 g/mol. The van der Waals surface area contributed by atoms with E-state index in [0.29, 0.717) is 30.5 Å². The molecule has 6 heteroatoms. The molecular formula is C27H24F2N2O2. The van der Waals surface area contributed by atoms with Crippen molar-refractivity contribution in [1.29, 1.82) is 0 Å². The van der Waals surface area contributed by atoms with E-state index >= 15 is 0 Å². The zero-order chi connectivity index (χ0) is 22.9. The Labute approximate surface area is 191 Å². The van der Waals surface area contributed by atoms with E-state index < -0.39 is 23.3 Å². The number of benzene rings is 3. The Morgan fingerprint density at radius 3 is 1.91 bits per heavy atom. The first-order valence-corrected chi connectivity index (χ1v) is 11.1. The van der Waals surface area contributed by atoms with Crippen LogP contribution < -0.4 is 0 Å². The largest absolute Gasteiger partial charge is 0.338 e. The first kappa shape index (κ1) is 21.5. The lowest BCUT2D eigenvalue weighted by Crippen LogP contribution is -2.34. The maximum Gasteiger partial charge on any atom is 0.254 e. The van der Waals surface area contributed by atoms with Gasteiger partial charge in [-0.3, -0.25) is 14.5 Å². The third kappa shape index (κ3) is 4.31. The van der Waals surface area contributed by atoms with Crippen molar-refractivity contribution in [1.82, 2.24) is 9.80 Å². The van der Waals surface area contributed by atoms with Crippen LogP contribution in [0.15, 0.2) is 72.8 Å². The van der Waals surface area contributed by atoms with Gasteiger partial charge < -0.3 is 4.90 Å². The molecular weight excluding hydrogens is 422 g/mol. The molecule has 2 saturated heterocycles. The summed E-state index contributed by atoms with van der Waals surface area (Å²) in [6, 6.07) is 20.3. The predicted octanol–water partition coefficient (Wildman–Crippen LogP) is 4.40. The van der Waals surface area contributed by atoms with Crippen LogP contribution in [0.3, 0.4) is 0 Å². The molecule has 0 radical (unpaired) electrons. The molecule has 5 rings (SSSR count). The lowest BCUT2D eigenvalue weighted by molar-refractivity contribution is 0.0768. The number of carbonyl (C=O) groups excluding carboxylic acids is 2. The summed E-state index contributed by atoms with van der Waals surface area (Å²) in [5.41, 5.74) is 1.40. The second kappa shape index (κ2) is 8.87. The highest BCUT2D eigenvalue weighted by Gasteiger charge is 2.42. The smallest absolute Gasteiger partial charge is 0.254 e. The van der Waals surface area contributed by atoms with Crippen LogP contribution >= 0.6 is 0 Å². The maximum atomic E-state index is 14.1. The molecule has 168 valence electrons. The second-order valence-electron chi connectivity index (χ2n) is 8.92. The monoisotopic (exact) mass is 446 g/mol. The minimum absolute atomic E-state index is 0.0798. The van der Waals surface area contributed by atoms with Crippen LogP contribution in [0.5, 0.6) is 0 Å². The second-order valence-corrected chi connectivity index (χ2v) is 8.92. The molecule has 0 aromatic heterocycles. The SMILES string of the molecule is O=C(c1ccccc1)c1cc(F)c(F)cc1C(=O)N1C[C@H]2CN(Cc3ccccc3)C[C@H]2C1. The van der Waals surface area contributed by atoms with Gasteiger partial charge in [0.1, 0.15) is 0 Å². The summed E-state index contributed by atoms with van der Waals surface area (Å²) < 4.78 is 28.1. The van der Waals surface area contributed by atoms with Gasteiger partial charge in [0.25, 0.3) is 5.91 Å². The molecule has 2 fully saturated rings. The van der Waals surface area contributed by atoms with E-state index in [9.17, 15) is 18.4 Å². The topological polar surface area (TPSA) is 40.6 Å². The van der Waals surface area contributed by atoms with E-state index in [1.165, 1.54) is 5.56 Å². The Morgan fingerprint density at radius 2 is 1.30 bits per heavy atom. The Bertz CT molecular complexity index is 1170. The first-order chi connectivity index (χ1) is 16.0. The van der Waals surface area contributed by atoms with E-state index in [-0.39, 0.29) is 11.1 Å². The highest BCUT2D eigenvalue weighted by molar-refractivity contribution is 6.15. The molecule has 2 aliphatic heterocycles. The van der Waals surface area contributed by atoms with E-state index in [1.54, 1.807) is 35.2 Å². The number of ketones is 1. The van der Waals surface area contributed by atoms with Crippen molar-refractivity contribution in [3.63, 3.8) is 0 Å². The maximum absolute atomic E-state index is 14.1. The molecule has 1 amide bonds. The Kier molecular flexibility index (Phi) is 5.77. The van der Waals surface area contributed by atoms with Crippen molar-refractivity contribution in [3.8, 4) is 0 Å². The van der Waals surface area contributed by atoms with E-state index in [1.807, 2.05) is 18.2 Å². The van der Waals surface area contributed by atoms with Crippen molar-refractivity contribution >= 4 is 11.7 Å². The summed E-state index contributed by atoms with van der Waals surface area (Å²) in [5.74, 6) is -2.52. The van der Waals surface area contributed by atoms with E-state index in [4.69, 9.17) is 0 Å². The highest BCUT2D eigenvalue weighted by atomic mass is 19.2. The van der Waals surface area contributed by atoms with Crippen LogP contribution in [0.25, 0.3) is 0 Å². The standard InChI is InChI=1S/C27H24F2N2O2/c28-24-11-22(26(32)19-9-5-2-6-10-19)23(12-25(24)29)27(33)31-16-20-14-30(15-21(20)17-31)13-18-7-3-1-4-8-18/h1-12,20-21H,13-17H2/t20-,21+. The van der Waals surface area contributed by atoms with Gasteiger partial charge in [-0.25, -0.2) is 8.78 Å². The molecule has 0 aliphatic carbocycles. The molecule has 2 heterocycles. The number of amides is 1. The lowest BCUT2D eigenvalue weighted by Gasteiger charge is -2.22. The van der Waals surface area contributed by atoms with Crippen molar-refractivity contribution in [3.05, 3.63) is 107 Å². The number of hydrogen-bond donors (Lipinski definition) is 0. The summed E-state index contributed by atoms with van der Waals surface area (Å²) in [5, 5.41) is 0. The number of nitrogens with zero attached hydrogens (tertiary/aromatic N) is 2. The van der Waals surface area contributed by atoms with Crippen molar-refractivity contribution in [2.45, 2.75) is 6.54 Å². The predicted molar refractivity (Wildman–Crippen MR) is 121 cm³/mol. The third-order valence-electron chi connectivity index (χ3n) is 6.67. The van der Waals surface area contributed by atoms with Crippen LogP contribution in [0, 0.1) is 23.5 Å². The molecule has 0 spiro atoms. The number of likely N-dealkylation sites (tertiary alicyclic amines) is 2. The van der Waals surface area contributed by atoms with Gasteiger partial charge in [0, 0.05) is 43.9 Å². The van der Waals surface area contributed by atoms with Crippen molar-refractivity contribution < 1.29 is 18.4 Å². The summed E-state index contributed by atoms with van der Waals surface area (Å²) >= 11 is 0. The van der Waals surface area contributed by atoms with Gasteiger partial charge in [-0.2, -0.15) is 0 Å². The fourth-order valence-corrected chi connectivity index (χ4v) is 5.05. The fourth-order valence-electron chi connectivity index (χ4n) is 5.05. The van der Waals surface area contributed by atoms with Crippen LogP contribution in [0.1, 0.15) is 31.8 Å². The molecule has 3 aromatic carbocycles. The van der Waals surface area contributed by atoms with Crippen LogP contribution in [0.4, 0.5) is 8.78 Å². The molecule has 0 saturated carbocycles. The summed E-state index contributed by atoms with van der Waals surface area (Å²) in [6.07, 6.45) is 0. The molecule has 2 atom stereocenters. The molecule has 2 aliphatic rings. The summed E-state index contributed by atoms with van der Waals surface area (Å²) in [7, 11) is 0. The molecule has 0 N–H and O–H groups in total. The molecule has 3 aromatic rings. The van der Waals surface area contributed by atoms with Crippen LogP contribution in [-0.4, -0.2) is 47.7 Å². The van der Waals surface area contributed by atoms with Gasteiger partial charge in [0.05, 0.1) is 5.56 Å². The van der Waals surface area contributed by atoms with E-state index in [2.05, 4.69) is 17.0 Å². The Balaban J connectivity index is 1.33. The van der Waals surface area contributed by atoms with Gasteiger partial charge in [-0.1, -0.05) is 60.7 Å². The zero-order valence-corrected chi connectivity index (χ0v) is 18.1. The lowest BCUT2D eigenvalue weighted by atomic mass is 9.97. The number of hydrogen-bond acceptors (Lipinski definition) is 3. The average Bonchev–Trinajstić information content (AvgIpc) is 3.39. The quantitative estimate of drug-likeness (QED) is 0.546. The van der Waals surface area contributed by atoms with Gasteiger partial charge in [-0.05, 0) is 29.5 Å².